The van der Waals surface area contributed by atoms with Crippen LogP contribution in [0.3, 0.4) is 0 Å². The number of rotatable bonds is 11. The van der Waals surface area contributed by atoms with Crippen molar-refractivity contribution >= 4 is 26.5 Å². The molecule has 164 valence electrons. The molecule has 0 aliphatic carbocycles. The summed E-state index contributed by atoms with van der Waals surface area (Å²) in [4.78, 5) is 10.3. The normalized spacial score (nSPS) is 14.9. The Kier molecular flexibility index (Phi) is 8.58. The maximum atomic E-state index is 13.3. The molecule has 0 amide bonds. The van der Waals surface area contributed by atoms with Gasteiger partial charge in [-0.15, -0.1) is 0 Å². The lowest BCUT2D eigenvalue weighted by Gasteiger charge is -2.32. The number of nitrogens with zero attached hydrogens (tertiary/aromatic N) is 2. The summed E-state index contributed by atoms with van der Waals surface area (Å²) in [5.74, 6) is -0.366. The molecule has 0 aromatic heterocycles. The van der Waals surface area contributed by atoms with Crippen LogP contribution in [0.5, 0.6) is 0 Å². The Morgan fingerprint density at radius 2 is 1.77 bits per heavy atom. The number of nitro benzene ring substituents is 1. The molecule has 2 N–H and O–H groups in total. The highest BCUT2D eigenvalue weighted by Gasteiger charge is 2.39. The Morgan fingerprint density at radius 3 is 2.33 bits per heavy atom. The highest BCUT2D eigenvalue weighted by molar-refractivity contribution is 7.89. The highest BCUT2D eigenvalue weighted by atomic mass is 32.2. The van der Waals surface area contributed by atoms with Crippen LogP contribution in [0.2, 0.25) is 0 Å². The molecule has 2 rings (SSSR count). The van der Waals surface area contributed by atoms with Gasteiger partial charge in [0.1, 0.15) is 6.73 Å². The fourth-order valence-corrected chi connectivity index (χ4v) is 5.94. The van der Waals surface area contributed by atoms with E-state index in [4.69, 9.17) is 4.74 Å². The first-order valence-electron chi connectivity index (χ1n) is 8.70. The van der Waals surface area contributed by atoms with Crippen molar-refractivity contribution in [1.29, 1.82) is 0 Å². The molecule has 12 heteroatoms. The van der Waals surface area contributed by atoms with Gasteiger partial charge in [-0.05, 0) is 18.2 Å². The summed E-state index contributed by atoms with van der Waals surface area (Å²) in [7, 11) is -5.08. The zero-order chi connectivity index (χ0) is 22.3. The van der Waals surface area contributed by atoms with Crippen LogP contribution in [0.4, 0.5) is 5.69 Å². The fourth-order valence-electron chi connectivity index (χ4n) is 2.75. The van der Waals surface area contributed by atoms with Crippen LogP contribution in [0, 0.1) is 10.1 Å². The van der Waals surface area contributed by atoms with E-state index in [-0.39, 0.29) is 5.75 Å². The number of hydrogen-bond donors (Lipinski definition) is 2. The minimum Gasteiger partial charge on any atom is -0.394 e. The summed E-state index contributed by atoms with van der Waals surface area (Å²) >= 11 is 0. The highest BCUT2D eigenvalue weighted by Crippen LogP contribution is 2.28. The smallest absolute Gasteiger partial charge is 0.289 e. The van der Waals surface area contributed by atoms with E-state index in [1.807, 2.05) is 0 Å². The number of nitro groups is 1. The largest absolute Gasteiger partial charge is 0.394 e. The van der Waals surface area contributed by atoms with Crippen LogP contribution in [-0.2, 0) is 25.6 Å². The van der Waals surface area contributed by atoms with Crippen molar-refractivity contribution in [2.75, 3.05) is 26.2 Å². The molecule has 2 aromatic carbocycles. The molecule has 0 aliphatic heterocycles. The Balaban J connectivity index is 2.52. The monoisotopic (exact) mass is 458 g/mol. The zero-order valence-electron chi connectivity index (χ0n) is 16.0. The van der Waals surface area contributed by atoms with E-state index in [1.165, 1.54) is 19.2 Å². The number of aliphatic hydroxyl groups is 2. The number of benzene rings is 2. The van der Waals surface area contributed by atoms with Gasteiger partial charge < -0.3 is 14.9 Å². The SMILES string of the molecule is COCN([C@@H](C[S@@](=O)c1ccccc1)[C@@H](O)CO)S(=O)(=O)c1ccccc1[N+](=O)[O-]. The van der Waals surface area contributed by atoms with Crippen LogP contribution in [0.25, 0.3) is 0 Å². The van der Waals surface area contributed by atoms with Crippen LogP contribution < -0.4 is 0 Å². The van der Waals surface area contributed by atoms with Gasteiger partial charge in [0, 0.05) is 23.8 Å². The summed E-state index contributed by atoms with van der Waals surface area (Å²) in [5.41, 5.74) is -0.653. The van der Waals surface area contributed by atoms with Crippen LogP contribution in [0.1, 0.15) is 0 Å². The summed E-state index contributed by atoms with van der Waals surface area (Å²) in [6.45, 7) is -1.40. The zero-order valence-corrected chi connectivity index (χ0v) is 17.7. The van der Waals surface area contributed by atoms with E-state index in [1.54, 1.807) is 30.3 Å². The van der Waals surface area contributed by atoms with Crippen molar-refractivity contribution in [3.63, 3.8) is 0 Å². The maximum Gasteiger partial charge on any atom is 0.289 e. The molecule has 0 saturated carbocycles. The van der Waals surface area contributed by atoms with Crippen molar-refractivity contribution in [2.24, 2.45) is 0 Å². The lowest BCUT2D eigenvalue weighted by atomic mass is 10.2. The fraction of sp³-hybridized carbons (Fsp3) is 0.333. The van der Waals surface area contributed by atoms with Crippen LogP contribution >= 0.6 is 0 Å². The van der Waals surface area contributed by atoms with E-state index < -0.39 is 61.8 Å². The van der Waals surface area contributed by atoms with Gasteiger partial charge in [0.2, 0.25) is 0 Å². The number of sulfonamides is 1. The molecule has 30 heavy (non-hydrogen) atoms. The van der Waals surface area contributed by atoms with Crippen molar-refractivity contribution in [2.45, 2.75) is 21.9 Å². The van der Waals surface area contributed by atoms with Gasteiger partial charge in [-0.25, -0.2) is 8.42 Å². The van der Waals surface area contributed by atoms with Gasteiger partial charge in [-0.1, -0.05) is 30.3 Å². The molecule has 10 nitrogen and oxygen atoms in total. The maximum absolute atomic E-state index is 13.3. The van der Waals surface area contributed by atoms with E-state index in [0.717, 1.165) is 12.1 Å². The first kappa shape index (κ1) is 24.1. The summed E-state index contributed by atoms with van der Waals surface area (Å²) in [5, 5.41) is 31.1. The molecular formula is C18H22N2O8S2. The number of methoxy groups -OCH3 is 1. The van der Waals surface area contributed by atoms with Gasteiger partial charge in [0.25, 0.3) is 15.7 Å². The molecule has 2 aromatic rings. The van der Waals surface area contributed by atoms with E-state index >= 15 is 0 Å². The second kappa shape index (κ2) is 10.7. The van der Waals surface area contributed by atoms with E-state index in [2.05, 4.69) is 0 Å². The quantitative estimate of drug-likeness (QED) is 0.284. The summed E-state index contributed by atoms with van der Waals surface area (Å²) in [6.07, 6.45) is -1.61. The lowest BCUT2D eigenvalue weighted by molar-refractivity contribution is -0.387. The molecule has 0 saturated heterocycles. The average molecular weight is 459 g/mol. The average Bonchev–Trinajstić information content (AvgIpc) is 2.75. The van der Waals surface area contributed by atoms with Crippen molar-refractivity contribution < 1.29 is 32.5 Å². The summed E-state index contributed by atoms with van der Waals surface area (Å²) in [6, 6.07) is 11.6. The standard InChI is InChI=1S/C18H22N2O8S2/c1-28-13-19(30(26,27)18-10-6-5-9-15(18)20(23)24)16(17(22)11-21)12-29(25)14-7-3-2-4-8-14/h2-10,16-17,21-22H,11-13H2,1H3/t16-,17-,29+/m0/s1. The first-order valence-corrected chi connectivity index (χ1v) is 11.5. The molecule has 0 aliphatic rings. The molecule has 0 spiro atoms. The lowest BCUT2D eigenvalue weighted by Crippen LogP contribution is -2.51. The molecular weight excluding hydrogens is 436 g/mol. The Labute approximate surface area is 176 Å². The van der Waals surface area contributed by atoms with E-state index in [0.29, 0.717) is 9.20 Å². The van der Waals surface area contributed by atoms with Crippen molar-refractivity contribution in [3.05, 3.63) is 64.7 Å². The third-order valence-corrected chi connectivity index (χ3v) is 7.57. The predicted molar refractivity (Wildman–Crippen MR) is 109 cm³/mol. The predicted octanol–water partition coefficient (Wildman–Crippen LogP) is 0.719. The molecule has 0 fully saturated rings. The van der Waals surface area contributed by atoms with Gasteiger partial charge in [0.15, 0.2) is 4.90 Å². The molecule has 3 atom stereocenters. The second-order valence-electron chi connectivity index (χ2n) is 6.18. The second-order valence-corrected chi connectivity index (χ2v) is 9.53. The van der Waals surface area contributed by atoms with Gasteiger partial charge in [0.05, 0.1) is 34.5 Å². The van der Waals surface area contributed by atoms with Gasteiger partial charge >= 0.3 is 0 Å². The minimum atomic E-state index is -4.56. The van der Waals surface area contributed by atoms with Gasteiger partial charge in [-0.2, -0.15) is 4.31 Å². The third kappa shape index (κ3) is 5.47. The first-order chi connectivity index (χ1) is 14.2. The van der Waals surface area contributed by atoms with Crippen LogP contribution in [0.15, 0.2) is 64.4 Å². The third-order valence-electron chi connectivity index (χ3n) is 4.23. The minimum absolute atomic E-state index is 0.366. The molecule has 0 radical (unpaired) electrons. The number of hydrogen-bond acceptors (Lipinski definition) is 8. The van der Waals surface area contributed by atoms with Gasteiger partial charge in [-0.3, -0.25) is 14.3 Å². The van der Waals surface area contributed by atoms with Crippen LogP contribution in [-0.4, -0.2) is 70.4 Å². The Bertz CT molecular complexity index is 985. The van der Waals surface area contributed by atoms with E-state index in [9.17, 15) is 33.0 Å². The van der Waals surface area contributed by atoms with Crippen molar-refractivity contribution in [1.82, 2.24) is 4.31 Å². The van der Waals surface area contributed by atoms with Crippen molar-refractivity contribution in [3.8, 4) is 0 Å². The Hall–Kier alpha value is -2.22. The topological polar surface area (TPSA) is 147 Å². The Morgan fingerprint density at radius 1 is 1.17 bits per heavy atom. The number of aliphatic hydroxyl groups excluding tert-OH is 2. The number of ether oxygens (including phenoxy) is 1. The summed E-state index contributed by atoms with van der Waals surface area (Å²) < 4.78 is 45.0. The number of para-hydroxylation sites is 1. The molecule has 0 bridgehead atoms. The molecule has 0 unspecified atom stereocenters. The molecule has 0 heterocycles.